The Labute approximate surface area is 126 Å². The van der Waals surface area contributed by atoms with Crippen LogP contribution in [0.5, 0.6) is 5.75 Å². The lowest BCUT2D eigenvalue weighted by molar-refractivity contribution is 0.264. The molecule has 0 aliphatic rings. The average molecular weight is 304 g/mol. The molecule has 106 valence electrons. The van der Waals surface area contributed by atoms with Gasteiger partial charge >= 0.3 is 0 Å². The van der Waals surface area contributed by atoms with Crippen LogP contribution in [0.2, 0.25) is 5.02 Å². The van der Waals surface area contributed by atoms with Crippen molar-refractivity contribution in [2.24, 2.45) is 0 Å². The Hall–Kier alpha value is -2.33. The second kappa shape index (κ2) is 5.97. The molecule has 0 bridgehead atoms. The standard InChI is InChI=1S/C16H11ClFNO2/c17-12-6-2-4-8-14(12)20-10-16-19-9-15(21-16)11-5-1-3-7-13(11)18/h1-9H,10H2. The molecule has 0 atom stereocenters. The number of nitrogens with zero attached hydrogens (tertiary/aromatic N) is 1. The lowest BCUT2D eigenvalue weighted by Gasteiger charge is -2.04. The zero-order valence-corrected chi connectivity index (χ0v) is 11.7. The Morgan fingerprint density at radius 2 is 1.86 bits per heavy atom. The van der Waals surface area contributed by atoms with Crippen LogP contribution in [0, 0.1) is 5.82 Å². The van der Waals surface area contributed by atoms with E-state index in [1.54, 1.807) is 30.3 Å². The largest absolute Gasteiger partial charge is 0.482 e. The predicted octanol–water partition coefficient (Wildman–Crippen LogP) is 4.71. The molecule has 5 heteroatoms. The van der Waals surface area contributed by atoms with Crippen LogP contribution in [0.4, 0.5) is 4.39 Å². The molecule has 0 fully saturated rings. The summed E-state index contributed by atoms with van der Waals surface area (Å²) in [4.78, 5) is 4.08. The summed E-state index contributed by atoms with van der Waals surface area (Å²) in [6.07, 6.45) is 1.48. The van der Waals surface area contributed by atoms with Crippen molar-refractivity contribution in [1.82, 2.24) is 4.98 Å². The molecule has 3 rings (SSSR count). The van der Waals surface area contributed by atoms with E-state index in [0.29, 0.717) is 28.0 Å². The lowest BCUT2D eigenvalue weighted by Crippen LogP contribution is -1.95. The third-order valence-corrected chi connectivity index (χ3v) is 3.19. The van der Waals surface area contributed by atoms with Crippen LogP contribution in [0.25, 0.3) is 11.3 Å². The Balaban J connectivity index is 1.74. The van der Waals surface area contributed by atoms with E-state index in [-0.39, 0.29) is 12.4 Å². The molecule has 0 N–H and O–H groups in total. The van der Waals surface area contributed by atoms with Gasteiger partial charge in [-0.05, 0) is 24.3 Å². The summed E-state index contributed by atoms with van der Waals surface area (Å²) in [5.74, 6) is 0.913. The molecule has 0 unspecified atom stereocenters. The van der Waals surface area contributed by atoms with E-state index >= 15 is 0 Å². The predicted molar refractivity (Wildman–Crippen MR) is 77.7 cm³/mol. The minimum Gasteiger partial charge on any atom is -0.482 e. The quantitative estimate of drug-likeness (QED) is 0.700. The molecule has 3 nitrogen and oxygen atoms in total. The van der Waals surface area contributed by atoms with Gasteiger partial charge in [-0.1, -0.05) is 35.9 Å². The highest BCUT2D eigenvalue weighted by Gasteiger charge is 2.11. The highest BCUT2D eigenvalue weighted by atomic mass is 35.5. The fraction of sp³-hybridized carbons (Fsp3) is 0.0625. The number of halogens is 2. The topological polar surface area (TPSA) is 35.3 Å². The van der Waals surface area contributed by atoms with Crippen molar-refractivity contribution in [2.75, 3.05) is 0 Å². The summed E-state index contributed by atoms with van der Waals surface area (Å²) >= 11 is 5.99. The van der Waals surface area contributed by atoms with Crippen LogP contribution < -0.4 is 4.74 Å². The number of ether oxygens (including phenoxy) is 1. The summed E-state index contributed by atoms with van der Waals surface area (Å²) in [5.41, 5.74) is 0.369. The molecule has 3 aromatic rings. The van der Waals surface area contributed by atoms with Gasteiger partial charge in [-0.15, -0.1) is 0 Å². The zero-order chi connectivity index (χ0) is 14.7. The first-order valence-corrected chi connectivity index (χ1v) is 6.69. The third-order valence-electron chi connectivity index (χ3n) is 2.88. The SMILES string of the molecule is Fc1ccccc1-c1cnc(COc2ccccc2Cl)o1. The summed E-state index contributed by atoms with van der Waals surface area (Å²) in [6, 6.07) is 13.5. The first-order valence-electron chi connectivity index (χ1n) is 6.31. The van der Waals surface area contributed by atoms with Gasteiger partial charge in [0.25, 0.3) is 0 Å². The maximum atomic E-state index is 13.7. The second-order valence-electron chi connectivity index (χ2n) is 4.32. The summed E-state index contributed by atoms with van der Waals surface area (Å²) in [5, 5.41) is 0.512. The van der Waals surface area contributed by atoms with Crippen LogP contribution in [0.15, 0.2) is 59.1 Å². The highest BCUT2D eigenvalue weighted by molar-refractivity contribution is 6.32. The Morgan fingerprint density at radius 1 is 1.10 bits per heavy atom. The Kier molecular flexibility index (Phi) is 3.88. The molecule has 0 saturated carbocycles. The van der Waals surface area contributed by atoms with Crippen LogP contribution >= 0.6 is 11.6 Å². The molecule has 0 aliphatic heterocycles. The van der Waals surface area contributed by atoms with E-state index in [1.807, 2.05) is 12.1 Å². The van der Waals surface area contributed by atoms with Gasteiger partial charge in [0.05, 0.1) is 16.8 Å². The van der Waals surface area contributed by atoms with Crippen molar-refractivity contribution in [1.29, 1.82) is 0 Å². The van der Waals surface area contributed by atoms with Crippen molar-refractivity contribution in [3.63, 3.8) is 0 Å². The maximum Gasteiger partial charge on any atom is 0.232 e. The number of oxazole rings is 1. The van der Waals surface area contributed by atoms with Crippen molar-refractivity contribution in [3.05, 3.63) is 71.5 Å². The van der Waals surface area contributed by atoms with Gasteiger partial charge < -0.3 is 9.15 Å². The molecule has 0 aliphatic carbocycles. The molecular formula is C16H11ClFNO2. The van der Waals surface area contributed by atoms with Crippen molar-refractivity contribution >= 4 is 11.6 Å². The molecule has 0 saturated heterocycles. The van der Waals surface area contributed by atoms with E-state index in [1.165, 1.54) is 12.3 Å². The number of aromatic nitrogens is 1. The van der Waals surface area contributed by atoms with E-state index in [9.17, 15) is 4.39 Å². The van der Waals surface area contributed by atoms with Gasteiger partial charge in [0.1, 0.15) is 11.6 Å². The van der Waals surface area contributed by atoms with Gasteiger partial charge in [-0.25, -0.2) is 9.37 Å². The van der Waals surface area contributed by atoms with Crippen LogP contribution in [0.1, 0.15) is 5.89 Å². The smallest absolute Gasteiger partial charge is 0.232 e. The van der Waals surface area contributed by atoms with E-state index in [0.717, 1.165) is 0 Å². The molecular weight excluding hydrogens is 293 g/mol. The van der Waals surface area contributed by atoms with Crippen LogP contribution in [0.3, 0.4) is 0 Å². The molecule has 1 aromatic heterocycles. The molecule has 1 heterocycles. The summed E-state index contributed by atoms with van der Waals surface area (Å²) in [6.45, 7) is 0.123. The number of rotatable bonds is 4. The monoisotopic (exact) mass is 303 g/mol. The van der Waals surface area contributed by atoms with Crippen molar-refractivity contribution in [2.45, 2.75) is 6.61 Å². The fourth-order valence-corrected chi connectivity index (χ4v) is 2.05. The first-order chi connectivity index (χ1) is 10.2. The van der Waals surface area contributed by atoms with E-state index < -0.39 is 0 Å². The molecule has 21 heavy (non-hydrogen) atoms. The molecule has 2 aromatic carbocycles. The van der Waals surface area contributed by atoms with Crippen molar-refractivity contribution in [3.8, 4) is 17.1 Å². The number of benzene rings is 2. The van der Waals surface area contributed by atoms with E-state index in [2.05, 4.69) is 4.98 Å². The Bertz CT molecular complexity index is 757. The van der Waals surface area contributed by atoms with E-state index in [4.69, 9.17) is 20.8 Å². The Morgan fingerprint density at radius 3 is 2.67 bits per heavy atom. The normalized spacial score (nSPS) is 10.6. The summed E-state index contributed by atoms with van der Waals surface area (Å²) in [7, 11) is 0. The maximum absolute atomic E-state index is 13.7. The zero-order valence-electron chi connectivity index (χ0n) is 10.9. The van der Waals surface area contributed by atoms with Gasteiger partial charge in [0, 0.05) is 0 Å². The number of para-hydroxylation sites is 1. The second-order valence-corrected chi connectivity index (χ2v) is 4.72. The highest BCUT2D eigenvalue weighted by Crippen LogP contribution is 2.26. The molecule has 0 amide bonds. The van der Waals surface area contributed by atoms with Gasteiger partial charge in [-0.2, -0.15) is 0 Å². The molecule has 0 spiro atoms. The third kappa shape index (κ3) is 3.06. The number of hydrogen-bond donors (Lipinski definition) is 0. The minimum absolute atomic E-state index is 0.123. The number of hydrogen-bond acceptors (Lipinski definition) is 3. The van der Waals surface area contributed by atoms with Crippen LogP contribution in [-0.4, -0.2) is 4.98 Å². The fourth-order valence-electron chi connectivity index (χ4n) is 1.86. The summed E-state index contributed by atoms with van der Waals surface area (Å²) < 4.78 is 24.7. The van der Waals surface area contributed by atoms with Gasteiger partial charge in [0.15, 0.2) is 12.4 Å². The van der Waals surface area contributed by atoms with Crippen LogP contribution in [-0.2, 0) is 6.61 Å². The van der Waals surface area contributed by atoms with Gasteiger partial charge in [0.2, 0.25) is 5.89 Å². The lowest BCUT2D eigenvalue weighted by atomic mass is 10.2. The molecule has 0 radical (unpaired) electrons. The first kappa shape index (κ1) is 13.6. The average Bonchev–Trinajstić information content (AvgIpc) is 2.96. The minimum atomic E-state index is -0.354. The van der Waals surface area contributed by atoms with Gasteiger partial charge in [-0.3, -0.25) is 0 Å². The van der Waals surface area contributed by atoms with Crippen molar-refractivity contribution < 1.29 is 13.5 Å².